The number of ether oxygens (including phenoxy) is 1. The zero-order valence-electron chi connectivity index (χ0n) is 9.91. The first kappa shape index (κ1) is 14.2. The highest BCUT2D eigenvalue weighted by Gasteiger charge is 2.30. The van der Waals surface area contributed by atoms with Gasteiger partial charge in [-0.2, -0.15) is 0 Å². The van der Waals surface area contributed by atoms with Crippen LogP contribution in [0.15, 0.2) is 0 Å². The molecule has 96 valence electrons. The fraction of sp³-hybridized carbons (Fsp3) is 1.00. The Morgan fingerprint density at radius 2 is 2.19 bits per heavy atom. The second-order valence-corrected chi connectivity index (χ2v) is 7.53. The molecule has 1 aliphatic heterocycles. The topological polar surface area (TPSA) is 46.6 Å². The molecule has 1 rings (SSSR count). The summed E-state index contributed by atoms with van der Waals surface area (Å²) < 4.78 is 27.0. The van der Waals surface area contributed by atoms with Crippen LogP contribution in [0.25, 0.3) is 0 Å². The van der Waals surface area contributed by atoms with E-state index < -0.39 is 9.05 Å². The molecule has 6 heteroatoms. The quantitative estimate of drug-likeness (QED) is 0.709. The molecule has 0 aliphatic carbocycles. The summed E-state index contributed by atoms with van der Waals surface area (Å²) in [5, 5.41) is 0. The van der Waals surface area contributed by atoms with Gasteiger partial charge in [0, 0.05) is 24.3 Å². The van der Waals surface area contributed by atoms with Gasteiger partial charge in [-0.1, -0.05) is 0 Å². The van der Waals surface area contributed by atoms with Crippen LogP contribution in [0.5, 0.6) is 0 Å². The van der Waals surface area contributed by atoms with Crippen molar-refractivity contribution in [3.05, 3.63) is 0 Å². The van der Waals surface area contributed by atoms with Crippen LogP contribution in [0.3, 0.4) is 0 Å². The lowest BCUT2D eigenvalue weighted by Crippen LogP contribution is -2.47. The summed E-state index contributed by atoms with van der Waals surface area (Å²) in [5.41, 5.74) is -0.0852. The fourth-order valence-electron chi connectivity index (χ4n) is 2.13. The third-order valence-electron chi connectivity index (χ3n) is 3.09. The summed E-state index contributed by atoms with van der Waals surface area (Å²) >= 11 is 0. The highest BCUT2D eigenvalue weighted by molar-refractivity contribution is 8.13. The second-order valence-electron chi connectivity index (χ2n) is 4.63. The van der Waals surface area contributed by atoms with Crippen molar-refractivity contribution in [1.82, 2.24) is 4.90 Å². The van der Waals surface area contributed by atoms with E-state index in [1.165, 1.54) is 0 Å². The molecule has 16 heavy (non-hydrogen) atoms. The molecule has 0 bridgehead atoms. The largest absolute Gasteiger partial charge is 0.377 e. The van der Waals surface area contributed by atoms with Crippen LogP contribution < -0.4 is 0 Å². The molecule has 0 aromatic rings. The smallest absolute Gasteiger partial charge is 0.232 e. The van der Waals surface area contributed by atoms with Crippen LogP contribution in [-0.2, 0) is 13.8 Å². The number of likely N-dealkylation sites (tertiary alicyclic amines) is 1. The maximum Gasteiger partial charge on any atom is 0.232 e. The average molecular weight is 270 g/mol. The predicted molar refractivity (Wildman–Crippen MR) is 65.3 cm³/mol. The summed E-state index contributed by atoms with van der Waals surface area (Å²) in [6.07, 6.45) is 2.75. The standard InChI is InChI=1S/C10H20ClNO3S/c1-10(15-2)5-3-6-12(9-10)7-4-8-16(11,13)14/h3-9H2,1-2H3. The van der Waals surface area contributed by atoms with Gasteiger partial charge < -0.3 is 9.64 Å². The zero-order chi connectivity index (χ0) is 12.2. The predicted octanol–water partition coefficient (Wildman–Crippen LogP) is 1.45. The van der Waals surface area contributed by atoms with Crippen LogP contribution in [-0.4, -0.2) is 51.4 Å². The van der Waals surface area contributed by atoms with E-state index in [4.69, 9.17) is 15.4 Å². The van der Waals surface area contributed by atoms with Gasteiger partial charge in [0.05, 0.1) is 11.4 Å². The lowest BCUT2D eigenvalue weighted by atomic mass is 9.95. The Balaban J connectivity index is 2.33. The first-order valence-electron chi connectivity index (χ1n) is 5.54. The van der Waals surface area contributed by atoms with Gasteiger partial charge in [0.25, 0.3) is 0 Å². The van der Waals surface area contributed by atoms with E-state index in [1.807, 2.05) is 0 Å². The summed E-state index contributed by atoms with van der Waals surface area (Å²) in [6, 6.07) is 0. The van der Waals surface area contributed by atoms with E-state index in [2.05, 4.69) is 11.8 Å². The number of nitrogens with zero attached hydrogens (tertiary/aromatic N) is 1. The van der Waals surface area contributed by atoms with Gasteiger partial charge in [-0.05, 0) is 39.3 Å². The van der Waals surface area contributed by atoms with Gasteiger partial charge in [0.2, 0.25) is 9.05 Å². The van der Waals surface area contributed by atoms with E-state index in [0.29, 0.717) is 6.42 Å². The maximum absolute atomic E-state index is 10.8. The lowest BCUT2D eigenvalue weighted by molar-refractivity contribution is -0.0504. The molecule has 1 heterocycles. The number of hydrogen-bond acceptors (Lipinski definition) is 4. The SMILES string of the molecule is COC1(C)CCCN(CCCS(=O)(=O)Cl)C1. The van der Waals surface area contributed by atoms with Crippen molar-refractivity contribution < 1.29 is 13.2 Å². The Morgan fingerprint density at radius 1 is 1.50 bits per heavy atom. The summed E-state index contributed by atoms with van der Waals surface area (Å²) in [4.78, 5) is 2.25. The first-order valence-corrected chi connectivity index (χ1v) is 8.02. The van der Waals surface area contributed by atoms with Gasteiger partial charge >= 0.3 is 0 Å². The van der Waals surface area contributed by atoms with Crippen LogP contribution in [0.1, 0.15) is 26.2 Å². The molecule has 1 aliphatic rings. The maximum atomic E-state index is 10.8. The molecule has 0 N–H and O–H groups in total. The van der Waals surface area contributed by atoms with Crippen molar-refractivity contribution >= 4 is 19.7 Å². The van der Waals surface area contributed by atoms with Crippen molar-refractivity contribution in [2.24, 2.45) is 0 Å². The van der Waals surface area contributed by atoms with Crippen LogP contribution >= 0.6 is 10.7 Å². The summed E-state index contributed by atoms with van der Waals surface area (Å²) in [6.45, 7) is 4.75. The highest BCUT2D eigenvalue weighted by atomic mass is 35.7. The van der Waals surface area contributed by atoms with Gasteiger partial charge in [0.1, 0.15) is 0 Å². The number of hydrogen-bond donors (Lipinski definition) is 0. The molecule has 1 atom stereocenters. The van der Waals surface area contributed by atoms with Gasteiger partial charge in [-0.25, -0.2) is 8.42 Å². The molecule has 0 saturated carbocycles. The summed E-state index contributed by atoms with van der Waals surface area (Å²) in [7, 11) is 3.55. The minimum Gasteiger partial charge on any atom is -0.377 e. The molecule has 0 radical (unpaired) electrons. The lowest BCUT2D eigenvalue weighted by Gasteiger charge is -2.39. The Hall–Kier alpha value is 0.160. The number of piperidine rings is 1. The van der Waals surface area contributed by atoms with Gasteiger partial charge in [-0.15, -0.1) is 0 Å². The van der Waals surface area contributed by atoms with Crippen molar-refractivity contribution in [3.8, 4) is 0 Å². The molecule has 0 aromatic carbocycles. The number of rotatable bonds is 5. The molecule has 4 nitrogen and oxygen atoms in total. The van der Waals surface area contributed by atoms with Gasteiger partial charge in [-0.3, -0.25) is 0 Å². The average Bonchev–Trinajstić information content (AvgIpc) is 2.16. The second kappa shape index (κ2) is 5.67. The van der Waals surface area contributed by atoms with E-state index >= 15 is 0 Å². The van der Waals surface area contributed by atoms with Crippen molar-refractivity contribution in [2.45, 2.75) is 31.8 Å². The van der Waals surface area contributed by atoms with Crippen molar-refractivity contribution in [3.63, 3.8) is 0 Å². The zero-order valence-corrected chi connectivity index (χ0v) is 11.5. The summed E-state index contributed by atoms with van der Waals surface area (Å²) in [5.74, 6) is 0.0503. The molecule has 0 amide bonds. The fourth-order valence-corrected chi connectivity index (χ4v) is 2.93. The highest BCUT2D eigenvalue weighted by Crippen LogP contribution is 2.23. The van der Waals surface area contributed by atoms with E-state index in [0.717, 1.165) is 32.5 Å². The van der Waals surface area contributed by atoms with Crippen LogP contribution in [0, 0.1) is 0 Å². The van der Waals surface area contributed by atoms with E-state index in [-0.39, 0.29) is 11.4 Å². The molecular weight excluding hydrogens is 250 g/mol. The molecular formula is C10H20ClNO3S. The Kier molecular flexibility index (Phi) is 5.04. The molecule has 0 aromatic heterocycles. The van der Waals surface area contributed by atoms with Gasteiger partial charge in [0.15, 0.2) is 0 Å². The monoisotopic (exact) mass is 269 g/mol. The third kappa shape index (κ3) is 4.99. The first-order chi connectivity index (χ1) is 7.35. The minimum atomic E-state index is -3.34. The Morgan fingerprint density at radius 3 is 2.75 bits per heavy atom. The normalized spacial score (nSPS) is 28.2. The molecule has 1 fully saturated rings. The van der Waals surface area contributed by atoms with Crippen molar-refractivity contribution in [2.75, 3.05) is 32.5 Å². The Bertz CT molecular complexity index is 320. The third-order valence-corrected chi connectivity index (χ3v) is 4.33. The molecule has 1 saturated heterocycles. The number of methoxy groups -OCH3 is 1. The minimum absolute atomic E-state index is 0.0503. The molecule has 1 unspecified atom stereocenters. The van der Waals surface area contributed by atoms with E-state index in [1.54, 1.807) is 7.11 Å². The number of halogens is 1. The van der Waals surface area contributed by atoms with E-state index in [9.17, 15) is 8.42 Å². The van der Waals surface area contributed by atoms with Crippen LogP contribution in [0.4, 0.5) is 0 Å². The van der Waals surface area contributed by atoms with Crippen LogP contribution in [0.2, 0.25) is 0 Å². The molecule has 0 spiro atoms. The van der Waals surface area contributed by atoms with Crippen molar-refractivity contribution in [1.29, 1.82) is 0 Å². The Labute approximate surface area is 102 Å².